The predicted octanol–water partition coefficient (Wildman–Crippen LogP) is 3.00. The van der Waals surface area contributed by atoms with Gasteiger partial charge in [-0.2, -0.15) is 0 Å². The smallest absolute Gasteiger partial charge is 0.258 e. The van der Waals surface area contributed by atoms with Crippen molar-refractivity contribution in [2.24, 2.45) is 0 Å². The van der Waals surface area contributed by atoms with E-state index in [9.17, 15) is 4.79 Å². The van der Waals surface area contributed by atoms with E-state index in [1.807, 2.05) is 19.9 Å². The highest BCUT2D eigenvalue weighted by molar-refractivity contribution is 9.10. The summed E-state index contributed by atoms with van der Waals surface area (Å²) in [5.41, 5.74) is 9.26. The molecule has 0 fully saturated rings. The maximum Gasteiger partial charge on any atom is 0.258 e. The van der Waals surface area contributed by atoms with Gasteiger partial charge in [0.05, 0.1) is 0 Å². The largest absolute Gasteiger partial charge is 0.398 e. The Morgan fingerprint density at radius 3 is 2.35 bits per heavy atom. The van der Waals surface area contributed by atoms with Gasteiger partial charge in [0.1, 0.15) is 0 Å². The van der Waals surface area contributed by atoms with Crippen LogP contribution in [0, 0.1) is 20.8 Å². The molecular formula is C14H15BrN4O. The third-order valence-corrected chi connectivity index (χ3v) is 3.32. The second-order valence-electron chi connectivity index (χ2n) is 4.60. The van der Waals surface area contributed by atoms with Crippen molar-refractivity contribution < 1.29 is 4.79 Å². The van der Waals surface area contributed by atoms with E-state index in [4.69, 9.17) is 5.73 Å². The van der Waals surface area contributed by atoms with Gasteiger partial charge in [-0.3, -0.25) is 10.1 Å². The van der Waals surface area contributed by atoms with Gasteiger partial charge < -0.3 is 5.73 Å². The van der Waals surface area contributed by atoms with Crippen LogP contribution in [0.4, 0.5) is 11.6 Å². The van der Waals surface area contributed by atoms with Gasteiger partial charge in [-0.05, 0) is 44.5 Å². The first kappa shape index (κ1) is 14.5. The Hall–Kier alpha value is -1.95. The maximum atomic E-state index is 12.3. The first-order valence-electron chi connectivity index (χ1n) is 6.06. The highest BCUT2D eigenvalue weighted by Crippen LogP contribution is 2.23. The molecule has 1 heterocycles. The molecule has 0 aliphatic carbocycles. The number of amides is 1. The second kappa shape index (κ2) is 5.58. The van der Waals surface area contributed by atoms with Gasteiger partial charge in [0.15, 0.2) is 0 Å². The molecule has 1 amide bonds. The van der Waals surface area contributed by atoms with Crippen LogP contribution in [0.2, 0.25) is 0 Å². The summed E-state index contributed by atoms with van der Waals surface area (Å²) >= 11 is 3.33. The van der Waals surface area contributed by atoms with Crippen LogP contribution >= 0.6 is 15.9 Å². The van der Waals surface area contributed by atoms with Gasteiger partial charge in [0.2, 0.25) is 5.95 Å². The number of carbonyl (C=O) groups is 1. The molecule has 0 aliphatic heterocycles. The summed E-state index contributed by atoms with van der Waals surface area (Å²) in [4.78, 5) is 20.7. The van der Waals surface area contributed by atoms with Crippen molar-refractivity contribution in [3.8, 4) is 0 Å². The second-order valence-corrected chi connectivity index (χ2v) is 5.51. The molecule has 2 rings (SSSR count). The molecule has 0 unspecified atom stereocenters. The van der Waals surface area contributed by atoms with Crippen LogP contribution in [-0.2, 0) is 0 Å². The number of hydrogen-bond acceptors (Lipinski definition) is 4. The zero-order valence-electron chi connectivity index (χ0n) is 11.5. The van der Waals surface area contributed by atoms with E-state index in [0.717, 1.165) is 21.4 Å². The van der Waals surface area contributed by atoms with Crippen LogP contribution in [0.3, 0.4) is 0 Å². The predicted molar refractivity (Wildman–Crippen MR) is 82.8 cm³/mol. The monoisotopic (exact) mass is 334 g/mol. The lowest BCUT2D eigenvalue weighted by atomic mass is 10.1. The van der Waals surface area contributed by atoms with Crippen LogP contribution in [0.1, 0.15) is 27.3 Å². The first-order chi connectivity index (χ1) is 9.36. The first-order valence-corrected chi connectivity index (χ1v) is 6.85. The van der Waals surface area contributed by atoms with Gasteiger partial charge in [0, 0.05) is 27.1 Å². The molecular weight excluding hydrogens is 320 g/mol. The Kier molecular flexibility index (Phi) is 4.04. The third-order valence-electron chi connectivity index (χ3n) is 2.86. The Morgan fingerprint density at radius 1 is 1.15 bits per heavy atom. The standard InChI is InChI=1S/C14H15BrN4O/c1-7-4-8(2)18-14(17-7)19-13(20)11-5-10(15)6-12(16)9(11)3/h4-6H,16H2,1-3H3,(H,17,18,19,20). The number of halogens is 1. The van der Waals surface area contributed by atoms with Crippen molar-refractivity contribution in [3.05, 3.63) is 45.2 Å². The summed E-state index contributed by atoms with van der Waals surface area (Å²) in [5, 5.41) is 2.70. The zero-order chi connectivity index (χ0) is 14.9. The number of aryl methyl sites for hydroxylation is 2. The SMILES string of the molecule is Cc1cc(C)nc(NC(=O)c2cc(Br)cc(N)c2C)n1. The van der Waals surface area contributed by atoms with Gasteiger partial charge in [-0.25, -0.2) is 9.97 Å². The fourth-order valence-electron chi connectivity index (χ4n) is 1.89. The van der Waals surface area contributed by atoms with Crippen molar-refractivity contribution in [1.29, 1.82) is 0 Å². The minimum absolute atomic E-state index is 0.277. The fourth-order valence-corrected chi connectivity index (χ4v) is 2.36. The lowest BCUT2D eigenvalue weighted by Crippen LogP contribution is -2.16. The normalized spacial score (nSPS) is 10.4. The number of aromatic nitrogens is 2. The molecule has 0 atom stereocenters. The number of nitrogen functional groups attached to an aromatic ring is 1. The molecule has 104 valence electrons. The van der Waals surface area contributed by atoms with E-state index < -0.39 is 0 Å². The summed E-state index contributed by atoms with van der Waals surface area (Å²) in [6.07, 6.45) is 0. The number of carbonyl (C=O) groups excluding carboxylic acids is 1. The summed E-state index contributed by atoms with van der Waals surface area (Å²) in [7, 11) is 0. The molecule has 3 N–H and O–H groups in total. The van der Waals surface area contributed by atoms with Gasteiger partial charge in [-0.15, -0.1) is 0 Å². The molecule has 1 aromatic carbocycles. The number of benzene rings is 1. The number of anilines is 2. The minimum atomic E-state index is -0.277. The molecule has 5 nitrogen and oxygen atoms in total. The fraction of sp³-hybridized carbons (Fsp3) is 0.214. The van der Waals surface area contributed by atoms with Crippen LogP contribution in [-0.4, -0.2) is 15.9 Å². The van der Waals surface area contributed by atoms with E-state index in [-0.39, 0.29) is 5.91 Å². The van der Waals surface area contributed by atoms with E-state index in [0.29, 0.717) is 17.2 Å². The van der Waals surface area contributed by atoms with Crippen molar-refractivity contribution in [3.63, 3.8) is 0 Å². The summed E-state index contributed by atoms with van der Waals surface area (Å²) in [6, 6.07) is 5.33. The molecule has 0 bridgehead atoms. The van der Waals surface area contributed by atoms with Gasteiger partial charge >= 0.3 is 0 Å². The molecule has 2 aromatic rings. The average Bonchev–Trinajstić information content (AvgIpc) is 2.32. The molecule has 1 aromatic heterocycles. The molecule has 0 saturated carbocycles. The van der Waals surface area contributed by atoms with Crippen molar-refractivity contribution in [2.75, 3.05) is 11.1 Å². The zero-order valence-corrected chi connectivity index (χ0v) is 13.1. The molecule has 0 aliphatic rings. The van der Waals surface area contributed by atoms with Gasteiger partial charge in [0.25, 0.3) is 5.91 Å². The molecule has 0 radical (unpaired) electrons. The molecule has 0 saturated heterocycles. The maximum absolute atomic E-state index is 12.3. The number of nitrogens with zero attached hydrogens (tertiary/aromatic N) is 2. The summed E-state index contributed by atoms with van der Waals surface area (Å²) < 4.78 is 0.757. The highest BCUT2D eigenvalue weighted by Gasteiger charge is 2.14. The van der Waals surface area contributed by atoms with Crippen molar-refractivity contribution >= 4 is 33.5 Å². The van der Waals surface area contributed by atoms with Crippen LogP contribution in [0.25, 0.3) is 0 Å². The number of nitrogens with two attached hydrogens (primary N) is 1. The quantitative estimate of drug-likeness (QED) is 0.827. The van der Waals surface area contributed by atoms with Crippen LogP contribution in [0.5, 0.6) is 0 Å². The topological polar surface area (TPSA) is 80.9 Å². The van der Waals surface area contributed by atoms with Crippen LogP contribution in [0.15, 0.2) is 22.7 Å². The minimum Gasteiger partial charge on any atom is -0.398 e. The number of nitrogens with one attached hydrogen (secondary N) is 1. The Balaban J connectivity index is 2.33. The van der Waals surface area contributed by atoms with Crippen molar-refractivity contribution in [1.82, 2.24) is 9.97 Å². The lowest BCUT2D eigenvalue weighted by Gasteiger charge is -2.10. The van der Waals surface area contributed by atoms with E-state index >= 15 is 0 Å². The number of hydrogen-bond donors (Lipinski definition) is 2. The van der Waals surface area contributed by atoms with Crippen molar-refractivity contribution in [2.45, 2.75) is 20.8 Å². The lowest BCUT2D eigenvalue weighted by molar-refractivity contribution is 0.102. The Labute approximate surface area is 125 Å². The Bertz CT molecular complexity index is 665. The van der Waals surface area contributed by atoms with Crippen LogP contribution < -0.4 is 11.1 Å². The summed E-state index contributed by atoms with van der Waals surface area (Å²) in [5.74, 6) is 0.0194. The molecule has 0 spiro atoms. The van der Waals surface area contributed by atoms with E-state index in [1.165, 1.54) is 0 Å². The van der Waals surface area contributed by atoms with E-state index in [1.54, 1.807) is 19.1 Å². The summed E-state index contributed by atoms with van der Waals surface area (Å²) in [6.45, 7) is 5.51. The van der Waals surface area contributed by atoms with E-state index in [2.05, 4.69) is 31.2 Å². The van der Waals surface area contributed by atoms with Gasteiger partial charge in [-0.1, -0.05) is 15.9 Å². The average molecular weight is 335 g/mol. The Morgan fingerprint density at radius 2 is 1.75 bits per heavy atom. The third kappa shape index (κ3) is 3.14. The molecule has 20 heavy (non-hydrogen) atoms. The molecule has 6 heteroatoms. The number of rotatable bonds is 2. The highest BCUT2D eigenvalue weighted by atomic mass is 79.9.